The normalized spacial score (nSPS) is 41.3. The van der Waals surface area contributed by atoms with Crippen molar-refractivity contribution < 1.29 is 18.9 Å². The summed E-state index contributed by atoms with van der Waals surface area (Å²) in [7, 11) is -1.37. The lowest BCUT2D eigenvalue weighted by Crippen LogP contribution is -2.35. The molecular formula is C10H16O4P+. The van der Waals surface area contributed by atoms with E-state index in [1.54, 1.807) is 12.2 Å². The van der Waals surface area contributed by atoms with Crippen LogP contribution in [0.3, 0.4) is 0 Å². The van der Waals surface area contributed by atoms with E-state index < -0.39 is 7.26 Å². The average molecular weight is 231 g/mol. The number of ether oxygens (including phenoxy) is 4. The maximum Gasteiger partial charge on any atom is 0.184 e. The Bertz CT molecular complexity index is 210. The molecule has 2 aliphatic rings. The van der Waals surface area contributed by atoms with E-state index in [-0.39, 0.29) is 12.6 Å². The van der Waals surface area contributed by atoms with Gasteiger partial charge in [0.25, 0.3) is 0 Å². The van der Waals surface area contributed by atoms with Crippen LogP contribution in [0.1, 0.15) is 0 Å². The van der Waals surface area contributed by atoms with Crippen molar-refractivity contribution >= 4 is 7.26 Å². The second-order valence-corrected chi connectivity index (χ2v) is 7.45. The third kappa shape index (κ3) is 2.47. The van der Waals surface area contributed by atoms with Crippen molar-refractivity contribution in [2.75, 3.05) is 25.4 Å². The van der Waals surface area contributed by atoms with Crippen LogP contribution in [0.15, 0.2) is 25.3 Å². The van der Waals surface area contributed by atoms with Gasteiger partial charge < -0.3 is 18.9 Å². The zero-order chi connectivity index (χ0) is 10.7. The molecule has 0 bridgehead atoms. The molecular weight excluding hydrogens is 215 g/mol. The number of hydrogen-bond acceptors (Lipinski definition) is 4. The third-order valence-electron chi connectivity index (χ3n) is 2.44. The molecule has 2 aliphatic heterocycles. The predicted octanol–water partition coefficient (Wildman–Crippen LogP) is 1.95. The van der Waals surface area contributed by atoms with E-state index in [0.29, 0.717) is 25.4 Å². The summed E-state index contributed by atoms with van der Waals surface area (Å²) in [5, 5.41) is 0. The Labute approximate surface area is 90.2 Å². The quantitative estimate of drug-likeness (QED) is 0.537. The van der Waals surface area contributed by atoms with Gasteiger partial charge in [-0.2, -0.15) is 0 Å². The van der Waals surface area contributed by atoms with Crippen molar-refractivity contribution in [1.29, 1.82) is 0 Å². The van der Waals surface area contributed by atoms with Gasteiger partial charge in [0.2, 0.25) is 0 Å². The van der Waals surface area contributed by atoms with Gasteiger partial charge in [-0.1, -0.05) is 13.2 Å². The van der Waals surface area contributed by atoms with Crippen LogP contribution in [0.2, 0.25) is 0 Å². The van der Waals surface area contributed by atoms with E-state index >= 15 is 0 Å². The molecule has 15 heavy (non-hydrogen) atoms. The highest BCUT2D eigenvalue weighted by atomic mass is 31.2. The molecule has 84 valence electrons. The van der Waals surface area contributed by atoms with E-state index in [0.717, 1.165) is 0 Å². The molecule has 0 saturated carbocycles. The van der Waals surface area contributed by atoms with Crippen LogP contribution in [0.4, 0.5) is 0 Å². The summed E-state index contributed by atoms with van der Waals surface area (Å²) in [5.74, 6) is 0. The summed E-state index contributed by atoms with van der Waals surface area (Å²) in [6.07, 6.45) is 5.53. The van der Waals surface area contributed by atoms with Crippen molar-refractivity contribution in [3.05, 3.63) is 25.3 Å². The van der Waals surface area contributed by atoms with Crippen LogP contribution in [0.5, 0.6) is 0 Å². The monoisotopic (exact) mass is 231 g/mol. The topological polar surface area (TPSA) is 36.9 Å². The molecule has 0 unspecified atom stereocenters. The summed E-state index contributed by atoms with van der Waals surface area (Å²) in [5.41, 5.74) is 0. The first-order valence-electron chi connectivity index (χ1n) is 4.85. The van der Waals surface area contributed by atoms with Gasteiger partial charge in [-0.05, 0) is 12.2 Å². The highest BCUT2D eigenvalue weighted by Gasteiger charge is 2.47. The minimum atomic E-state index is -1.37. The zero-order valence-electron chi connectivity index (χ0n) is 8.63. The molecule has 0 radical (unpaired) electrons. The van der Waals surface area contributed by atoms with Gasteiger partial charge in [-0.15, -0.1) is 0 Å². The van der Waals surface area contributed by atoms with Crippen molar-refractivity contribution in [3.8, 4) is 0 Å². The first-order valence-corrected chi connectivity index (χ1v) is 7.38. The third-order valence-corrected chi connectivity index (χ3v) is 5.22. The molecule has 0 aliphatic carbocycles. The molecule has 2 saturated heterocycles. The van der Waals surface area contributed by atoms with Crippen molar-refractivity contribution in [3.63, 3.8) is 0 Å². The predicted molar refractivity (Wildman–Crippen MR) is 58.7 cm³/mol. The molecule has 0 N–H and O–H groups in total. The SMILES string of the molecule is C=CC1OC[P+]2(CO1)COC(C=C)OC2. The van der Waals surface area contributed by atoms with Crippen molar-refractivity contribution in [2.45, 2.75) is 12.6 Å². The minimum absolute atomic E-state index is 0.271. The molecule has 0 aromatic rings. The maximum absolute atomic E-state index is 5.51. The Kier molecular flexibility index (Phi) is 3.54. The van der Waals surface area contributed by atoms with E-state index in [1.807, 2.05) is 0 Å². The zero-order valence-corrected chi connectivity index (χ0v) is 9.53. The van der Waals surface area contributed by atoms with E-state index in [4.69, 9.17) is 18.9 Å². The molecule has 0 aromatic carbocycles. The molecule has 0 amide bonds. The summed E-state index contributed by atoms with van der Waals surface area (Å²) in [6.45, 7) is 7.26. The Morgan fingerprint density at radius 2 is 1.13 bits per heavy atom. The largest absolute Gasteiger partial charge is 0.313 e. The van der Waals surface area contributed by atoms with Gasteiger partial charge in [0.05, 0.1) is 0 Å². The highest BCUT2D eigenvalue weighted by molar-refractivity contribution is 7.75. The Balaban J connectivity index is 1.88. The molecule has 0 atom stereocenters. The average Bonchev–Trinajstić information content (AvgIpc) is 2.31. The van der Waals surface area contributed by atoms with Crippen LogP contribution < -0.4 is 0 Å². The first-order chi connectivity index (χ1) is 7.28. The van der Waals surface area contributed by atoms with Crippen LogP contribution in [0.25, 0.3) is 0 Å². The molecule has 2 rings (SSSR count). The smallest absolute Gasteiger partial charge is 0.184 e. The van der Waals surface area contributed by atoms with Gasteiger partial charge >= 0.3 is 0 Å². The Morgan fingerprint density at radius 3 is 1.40 bits per heavy atom. The standard InChI is InChI=1S/C10H16O4P/c1-3-9-11-5-15(6-12-9)7-13-10(4-2)14-8-15/h3-4,9-10H,1-2,5-8H2/q+1. The fraction of sp³-hybridized carbons (Fsp3) is 0.600. The van der Waals surface area contributed by atoms with Gasteiger partial charge in [0.1, 0.15) is 7.26 Å². The van der Waals surface area contributed by atoms with Gasteiger partial charge in [-0.3, -0.25) is 0 Å². The lowest BCUT2D eigenvalue weighted by molar-refractivity contribution is -0.125. The minimum Gasteiger partial charge on any atom is -0.313 e. The van der Waals surface area contributed by atoms with Crippen LogP contribution in [0, 0.1) is 0 Å². The van der Waals surface area contributed by atoms with Gasteiger partial charge in [-0.25, -0.2) is 0 Å². The summed E-state index contributed by atoms with van der Waals surface area (Å²) >= 11 is 0. The van der Waals surface area contributed by atoms with Crippen molar-refractivity contribution in [1.82, 2.24) is 0 Å². The molecule has 0 aromatic heterocycles. The lowest BCUT2D eigenvalue weighted by Gasteiger charge is -2.36. The molecule has 4 nitrogen and oxygen atoms in total. The Hall–Kier alpha value is -0.250. The Morgan fingerprint density at radius 1 is 0.800 bits per heavy atom. The summed E-state index contributed by atoms with van der Waals surface area (Å²) in [6, 6.07) is 0. The van der Waals surface area contributed by atoms with E-state index in [9.17, 15) is 0 Å². The first kappa shape index (κ1) is 11.2. The maximum atomic E-state index is 5.51. The second kappa shape index (κ2) is 4.73. The number of hydrogen-bond donors (Lipinski definition) is 0. The highest BCUT2D eigenvalue weighted by Crippen LogP contribution is 2.62. The van der Waals surface area contributed by atoms with Crippen LogP contribution >= 0.6 is 7.26 Å². The summed E-state index contributed by atoms with van der Waals surface area (Å²) in [4.78, 5) is 0. The fourth-order valence-corrected chi connectivity index (χ4v) is 3.82. The molecule has 2 heterocycles. The van der Waals surface area contributed by atoms with Crippen molar-refractivity contribution in [2.24, 2.45) is 0 Å². The van der Waals surface area contributed by atoms with Gasteiger partial charge in [0, 0.05) is 0 Å². The molecule has 5 heteroatoms. The second-order valence-electron chi connectivity index (χ2n) is 3.73. The van der Waals surface area contributed by atoms with E-state index in [2.05, 4.69) is 13.2 Å². The van der Waals surface area contributed by atoms with E-state index in [1.165, 1.54) is 0 Å². The molecule has 2 fully saturated rings. The van der Waals surface area contributed by atoms with Crippen LogP contribution in [-0.4, -0.2) is 38.0 Å². The lowest BCUT2D eigenvalue weighted by atomic mass is 10.6. The molecule has 1 spiro atoms. The fourth-order valence-electron chi connectivity index (χ4n) is 1.52. The van der Waals surface area contributed by atoms with Gasteiger partial charge in [0.15, 0.2) is 38.0 Å². The summed E-state index contributed by atoms with van der Waals surface area (Å²) < 4.78 is 22.1. The van der Waals surface area contributed by atoms with Crippen LogP contribution in [-0.2, 0) is 18.9 Å². The number of rotatable bonds is 2.